The number of benzene rings is 1. The Morgan fingerprint density at radius 3 is 2.39 bits per heavy atom. The van der Waals surface area contributed by atoms with Gasteiger partial charge < -0.3 is 20.1 Å². The van der Waals surface area contributed by atoms with Crippen molar-refractivity contribution in [3.63, 3.8) is 0 Å². The number of nitrogens with one attached hydrogen (secondary N) is 2. The van der Waals surface area contributed by atoms with Crippen LogP contribution < -0.4 is 15.4 Å². The van der Waals surface area contributed by atoms with Crippen molar-refractivity contribution >= 4 is 6.09 Å². The van der Waals surface area contributed by atoms with Gasteiger partial charge in [0.25, 0.3) is 0 Å². The first-order chi connectivity index (χ1) is 10.5. The van der Waals surface area contributed by atoms with Gasteiger partial charge in [-0.3, -0.25) is 0 Å². The predicted octanol–water partition coefficient (Wildman–Crippen LogP) is 3.40. The lowest BCUT2D eigenvalue weighted by molar-refractivity contribution is 0.0472. The molecule has 23 heavy (non-hydrogen) atoms. The molecule has 0 fully saturated rings. The van der Waals surface area contributed by atoms with Crippen LogP contribution in [0.25, 0.3) is 0 Å². The molecule has 5 heteroatoms. The van der Waals surface area contributed by atoms with E-state index in [-0.39, 0.29) is 0 Å². The normalized spacial score (nSPS) is 12.0. The van der Waals surface area contributed by atoms with E-state index in [0.717, 1.165) is 11.3 Å². The minimum Gasteiger partial charge on any atom is -0.496 e. The maximum Gasteiger partial charge on any atom is 0.408 e. The SMILES string of the molecule is COc1ccc(C)cc1CNCC(C)(C)NC(=O)OC(C)(C)C. The molecule has 0 aliphatic heterocycles. The number of methoxy groups -OCH3 is 1. The largest absolute Gasteiger partial charge is 0.496 e. The van der Waals surface area contributed by atoms with Crippen LogP contribution in [0.2, 0.25) is 0 Å². The smallest absolute Gasteiger partial charge is 0.408 e. The van der Waals surface area contributed by atoms with E-state index < -0.39 is 17.2 Å². The summed E-state index contributed by atoms with van der Waals surface area (Å²) >= 11 is 0. The molecule has 1 aromatic carbocycles. The van der Waals surface area contributed by atoms with Crippen LogP contribution in [0.4, 0.5) is 4.79 Å². The Hall–Kier alpha value is -1.75. The molecule has 1 aromatic rings. The first-order valence-electron chi connectivity index (χ1n) is 7.88. The van der Waals surface area contributed by atoms with Crippen LogP contribution in [0.15, 0.2) is 18.2 Å². The van der Waals surface area contributed by atoms with E-state index in [4.69, 9.17) is 9.47 Å². The zero-order valence-electron chi connectivity index (χ0n) is 15.4. The second-order valence-corrected chi connectivity index (χ2v) is 7.43. The molecule has 0 saturated carbocycles. The summed E-state index contributed by atoms with van der Waals surface area (Å²) in [6.45, 7) is 12.8. The van der Waals surface area contributed by atoms with Crippen LogP contribution in [-0.4, -0.2) is 30.9 Å². The van der Waals surface area contributed by atoms with Crippen molar-refractivity contribution < 1.29 is 14.3 Å². The molecule has 130 valence electrons. The van der Waals surface area contributed by atoms with Crippen LogP contribution >= 0.6 is 0 Å². The number of amides is 1. The highest BCUT2D eigenvalue weighted by Gasteiger charge is 2.24. The van der Waals surface area contributed by atoms with Crippen molar-refractivity contribution in [2.24, 2.45) is 0 Å². The molecular formula is C18H30N2O3. The van der Waals surface area contributed by atoms with Crippen LogP contribution in [0.5, 0.6) is 5.75 Å². The third-order valence-corrected chi connectivity index (χ3v) is 3.16. The molecule has 5 nitrogen and oxygen atoms in total. The molecule has 0 radical (unpaired) electrons. The van der Waals surface area contributed by atoms with E-state index in [1.165, 1.54) is 5.56 Å². The number of aryl methyl sites for hydroxylation is 1. The van der Waals surface area contributed by atoms with Gasteiger partial charge in [-0.1, -0.05) is 17.7 Å². The highest BCUT2D eigenvalue weighted by molar-refractivity contribution is 5.68. The predicted molar refractivity (Wildman–Crippen MR) is 92.9 cm³/mol. The van der Waals surface area contributed by atoms with Gasteiger partial charge in [-0.05, 0) is 47.6 Å². The molecule has 0 aromatic heterocycles. The van der Waals surface area contributed by atoms with E-state index in [1.54, 1.807) is 7.11 Å². The molecule has 0 unspecified atom stereocenters. The average Bonchev–Trinajstić information content (AvgIpc) is 2.35. The van der Waals surface area contributed by atoms with Gasteiger partial charge >= 0.3 is 6.09 Å². The summed E-state index contributed by atoms with van der Waals surface area (Å²) in [5.41, 5.74) is 1.37. The lowest BCUT2D eigenvalue weighted by Crippen LogP contribution is -2.51. The van der Waals surface area contributed by atoms with Gasteiger partial charge in [0.05, 0.1) is 12.6 Å². The molecule has 0 aliphatic rings. The Morgan fingerprint density at radius 1 is 1.17 bits per heavy atom. The highest BCUT2D eigenvalue weighted by atomic mass is 16.6. The van der Waals surface area contributed by atoms with Crippen molar-refractivity contribution in [2.75, 3.05) is 13.7 Å². The topological polar surface area (TPSA) is 59.6 Å². The molecule has 2 N–H and O–H groups in total. The Bertz CT molecular complexity index is 534. The van der Waals surface area contributed by atoms with Gasteiger partial charge in [-0.2, -0.15) is 0 Å². The summed E-state index contributed by atoms with van der Waals surface area (Å²) in [7, 11) is 1.67. The molecule has 0 spiro atoms. The Labute approximate surface area is 139 Å². The van der Waals surface area contributed by atoms with Gasteiger partial charge in [0.2, 0.25) is 0 Å². The molecular weight excluding hydrogens is 292 g/mol. The monoisotopic (exact) mass is 322 g/mol. The molecule has 1 rings (SSSR count). The second kappa shape index (κ2) is 7.68. The van der Waals surface area contributed by atoms with E-state index in [0.29, 0.717) is 13.1 Å². The van der Waals surface area contributed by atoms with E-state index >= 15 is 0 Å². The summed E-state index contributed by atoms with van der Waals surface area (Å²) < 4.78 is 10.7. The summed E-state index contributed by atoms with van der Waals surface area (Å²) in [5, 5.41) is 6.25. The number of hydrogen-bond donors (Lipinski definition) is 2. The first-order valence-corrected chi connectivity index (χ1v) is 7.88. The Balaban J connectivity index is 2.54. The van der Waals surface area contributed by atoms with E-state index in [9.17, 15) is 4.79 Å². The lowest BCUT2D eigenvalue weighted by atomic mass is 10.1. The number of carbonyl (C=O) groups is 1. The number of ether oxygens (including phenoxy) is 2. The van der Waals surface area contributed by atoms with Gasteiger partial charge in [0.15, 0.2) is 0 Å². The van der Waals surface area contributed by atoms with E-state index in [1.807, 2.05) is 46.8 Å². The van der Waals surface area contributed by atoms with Crippen LogP contribution in [0.1, 0.15) is 45.7 Å². The summed E-state index contributed by atoms with van der Waals surface area (Å²) in [6.07, 6.45) is -0.405. The Morgan fingerprint density at radius 2 is 1.83 bits per heavy atom. The summed E-state index contributed by atoms with van der Waals surface area (Å²) in [5.74, 6) is 0.862. The quantitative estimate of drug-likeness (QED) is 0.843. The number of alkyl carbamates (subject to hydrolysis) is 1. The zero-order valence-corrected chi connectivity index (χ0v) is 15.4. The minimum absolute atomic E-state index is 0.405. The fraction of sp³-hybridized carbons (Fsp3) is 0.611. The third-order valence-electron chi connectivity index (χ3n) is 3.16. The lowest BCUT2D eigenvalue weighted by Gasteiger charge is -2.29. The summed E-state index contributed by atoms with van der Waals surface area (Å²) in [6, 6.07) is 6.09. The van der Waals surface area contributed by atoms with Gasteiger partial charge in [0, 0.05) is 18.7 Å². The van der Waals surface area contributed by atoms with Gasteiger partial charge in [-0.15, -0.1) is 0 Å². The highest BCUT2D eigenvalue weighted by Crippen LogP contribution is 2.19. The van der Waals surface area contributed by atoms with Crippen molar-refractivity contribution in [3.8, 4) is 5.75 Å². The zero-order chi connectivity index (χ0) is 17.7. The molecule has 0 bridgehead atoms. The van der Waals surface area contributed by atoms with E-state index in [2.05, 4.69) is 23.6 Å². The number of hydrogen-bond acceptors (Lipinski definition) is 4. The second-order valence-electron chi connectivity index (χ2n) is 7.43. The van der Waals surface area contributed by atoms with Gasteiger partial charge in [0.1, 0.15) is 11.4 Å². The fourth-order valence-electron chi connectivity index (χ4n) is 2.18. The third kappa shape index (κ3) is 7.37. The van der Waals surface area contributed by atoms with Gasteiger partial charge in [-0.25, -0.2) is 4.79 Å². The average molecular weight is 322 g/mol. The van der Waals surface area contributed by atoms with Crippen LogP contribution in [0.3, 0.4) is 0 Å². The molecule has 0 aliphatic carbocycles. The Kier molecular flexibility index (Phi) is 6.45. The van der Waals surface area contributed by atoms with Crippen LogP contribution in [0, 0.1) is 6.92 Å². The van der Waals surface area contributed by atoms with Crippen molar-refractivity contribution in [3.05, 3.63) is 29.3 Å². The van der Waals surface area contributed by atoms with Crippen molar-refractivity contribution in [1.82, 2.24) is 10.6 Å². The molecule has 0 heterocycles. The molecule has 0 saturated heterocycles. The first kappa shape index (κ1) is 19.3. The number of rotatable bonds is 6. The number of carbonyl (C=O) groups excluding carboxylic acids is 1. The summed E-state index contributed by atoms with van der Waals surface area (Å²) in [4.78, 5) is 11.9. The minimum atomic E-state index is -0.497. The fourth-order valence-corrected chi connectivity index (χ4v) is 2.18. The van der Waals surface area contributed by atoms with Crippen molar-refractivity contribution in [1.29, 1.82) is 0 Å². The standard InChI is InChI=1S/C18H30N2O3/c1-13-8-9-15(22-7)14(10-13)11-19-12-18(5,6)20-16(21)23-17(2,3)4/h8-10,19H,11-12H2,1-7H3,(H,20,21). The van der Waals surface area contributed by atoms with Crippen LogP contribution in [-0.2, 0) is 11.3 Å². The molecule has 0 atom stereocenters. The van der Waals surface area contributed by atoms with Crippen molar-refractivity contribution in [2.45, 2.75) is 59.2 Å². The maximum absolute atomic E-state index is 11.9. The maximum atomic E-state index is 11.9. The molecule has 1 amide bonds.